The maximum atomic E-state index is 12.8. The molecule has 0 spiro atoms. The van der Waals surface area contributed by atoms with E-state index in [0.29, 0.717) is 48.5 Å². The molecule has 1 amide bonds. The Bertz CT molecular complexity index is 822. The van der Waals surface area contributed by atoms with Crippen LogP contribution in [0.2, 0.25) is 53.9 Å². The van der Waals surface area contributed by atoms with Gasteiger partial charge in [0.25, 0.3) is 0 Å². The molecule has 0 aromatic heterocycles. The maximum absolute atomic E-state index is 12.8. The summed E-state index contributed by atoms with van der Waals surface area (Å²) < 4.78 is 17.9. The predicted molar refractivity (Wildman–Crippen MR) is 143 cm³/mol. The van der Waals surface area contributed by atoms with Crippen LogP contribution in [0.15, 0.2) is 12.1 Å². The van der Waals surface area contributed by atoms with E-state index in [9.17, 15) is 4.79 Å². The summed E-state index contributed by atoms with van der Waals surface area (Å²) in [5.41, 5.74) is 0.791. The van der Waals surface area contributed by atoms with E-state index in [-0.39, 0.29) is 23.7 Å². The van der Waals surface area contributed by atoms with Crippen LogP contribution in [0.4, 0.5) is 0 Å². The number of amides is 1. The predicted octanol–water partition coefficient (Wildman–Crippen LogP) is 7.02. The van der Waals surface area contributed by atoms with Crippen molar-refractivity contribution in [3.8, 4) is 5.75 Å². The SMILES string of the molecule is CC(C)(C)[Si](C)(C)OCCN1C[C@H](c2c(OCOCC[Si](C)(C)C)ccc(Cl)c2Cl)CC1=O. The molecule has 5 nitrogen and oxygen atoms in total. The Balaban J connectivity index is 2.01. The molecule has 1 aliphatic heterocycles. The zero-order chi connectivity index (χ0) is 25.0. The van der Waals surface area contributed by atoms with Crippen LogP contribution in [0.3, 0.4) is 0 Å². The van der Waals surface area contributed by atoms with Crippen LogP contribution in [0.5, 0.6) is 5.75 Å². The van der Waals surface area contributed by atoms with Gasteiger partial charge in [0, 0.05) is 45.7 Å². The Morgan fingerprint density at radius 1 is 1.09 bits per heavy atom. The molecular formula is C24H41Cl2NO4Si2. The van der Waals surface area contributed by atoms with Crippen LogP contribution in [-0.2, 0) is 14.0 Å². The molecule has 1 fully saturated rings. The molecule has 1 saturated heterocycles. The monoisotopic (exact) mass is 533 g/mol. The molecule has 0 unspecified atom stereocenters. The third-order valence-corrected chi connectivity index (χ3v) is 13.7. The second kappa shape index (κ2) is 11.4. The van der Waals surface area contributed by atoms with E-state index in [2.05, 4.69) is 53.5 Å². The highest BCUT2D eigenvalue weighted by atomic mass is 35.5. The third-order valence-electron chi connectivity index (χ3n) is 6.64. The Morgan fingerprint density at radius 2 is 1.76 bits per heavy atom. The lowest BCUT2D eigenvalue weighted by molar-refractivity contribution is -0.128. The summed E-state index contributed by atoms with van der Waals surface area (Å²) in [5, 5.41) is 1.06. The van der Waals surface area contributed by atoms with Crippen molar-refractivity contribution in [2.75, 3.05) is 33.1 Å². The van der Waals surface area contributed by atoms with Crippen LogP contribution in [0.1, 0.15) is 38.7 Å². The molecule has 0 radical (unpaired) electrons. The van der Waals surface area contributed by atoms with E-state index in [4.69, 9.17) is 37.1 Å². The van der Waals surface area contributed by atoms with Gasteiger partial charge in [-0.2, -0.15) is 0 Å². The van der Waals surface area contributed by atoms with Gasteiger partial charge in [0.1, 0.15) is 5.75 Å². The Morgan fingerprint density at radius 3 is 2.36 bits per heavy atom. The number of hydrogen-bond donors (Lipinski definition) is 0. The molecule has 9 heteroatoms. The lowest BCUT2D eigenvalue weighted by Gasteiger charge is -2.36. The quantitative estimate of drug-likeness (QED) is 0.174. The van der Waals surface area contributed by atoms with Crippen molar-refractivity contribution in [2.45, 2.75) is 76.9 Å². The van der Waals surface area contributed by atoms with E-state index in [1.54, 1.807) is 6.07 Å². The number of benzene rings is 1. The van der Waals surface area contributed by atoms with Crippen molar-refractivity contribution in [1.82, 2.24) is 4.90 Å². The summed E-state index contributed by atoms with van der Waals surface area (Å²) in [4.78, 5) is 14.6. The number of rotatable bonds is 11. The Kier molecular flexibility index (Phi) is 9.94. The molecule has 2 rings (SSSR count). The van der Waals surface area contributed by atoms with Gasteiger partial charge in [-0.05, 0) is 36.3 Å². The summed E-state index contributed by atoms with van der Waals surface area (Å²) in [5.74, 6) is 0.662. The van der Waals surface area contributed by atoms with Gasteiger partial charge in [0.2, 0.25) is 5.91 Å². The topological polar surface area (TPSA) is 48.0 Å². The summed E-state index contributed by atoms with van der Waals surface area (Å²) in [6.45, 7) is 20.6. The fourth-order valence-corrected chi connectivity index (χ4v) is 5.67. The number of carbonyl (C=O) groups is 1. The fraction of sp³-hybridized carbons (Fsp3) is 0.708. The second-order valence-electron chi connectivity index (χ2n) is 11.6. The minimum atomic E-state index is -1.85. The van der Waals surface area contributed by atoms with Crippen molar-refractivity contribution in [2.24, 2.45) is 0 Å². The van der Waals surface area contributed by atoms with Gasteiger partial charge in [-0.25, -0.2) is 0 Å². The molecule has 1 aromatic rings. The van der Waals surface area contributed by atoms with Crippen LogP contribution in [0.25, 0.3) is 0 Å². The average molecular weight is 535 g/mol. The van der Waals surface area contributed by atoms with Gasteiger partial charge in [0.05, 0.1) is 16.7 Å². The van der Waals surface area contributed by atoms with E-state index < -0.39 is 16.4 Å². The largest absolute Gasteiger partial charge is 0.467 e. The first-order valence-electron chi connectivity index (χ1n) is 11.7. The van der Waals surface area contributed by atoms with Crippen molar-refractivity contribution >= 4 is 45.5 Å². The van der Waals surface area contributed by atoms with Crippen LogP contribution in [-0.4, -0.2) is 60.3 Å². The van der Waals surface area contributed by atoms with E-state index >= 15 is 0 Å². The minimum Gasteiger partial charge on any atom is -0.467 e. The summed E-state index contributed by atoms with van der Waals surface area (Å²) in [6.07, 6.45) is 0.382. The molecule has 0 bridgehead atoms. The lowest BCUT2D eigenvalue weighted by Crippen LogP contribution is -2.43. The van der Waals surface area contributed by atoms with Crippen molar-refractivity contribution in [3.63, 3.8) is 0 Å². The standard InChI is InChI=1S/C24H41Cl2NO4Si2/c1-24(2,3)33(7,8)31-12-11-27-16-18(15-21(27)28)22-20(10-9-19(25)23(22)26)30-17-29-13-14-32(4,5)6/h9-10,18H,11-17H2,1-8H3/t18-/m1/s1. The number of hydrogen-bond acceptors (Lipinski definition) is 4. The Hall–Kier alpha value is -0.576. The molecule has 1 heterocycles. The van der Waals surface area contributed by atoms with Crippen LogP contribution < -0.4 is 4.74 Å². The second-order valence-corrected chi connectivity index (χ2v) is 22.8. The van der Waals surface area contributed by atoms with E-state index in [1.165, 1.54) is 0 Å². The van der Waals surface area contributed by atoms with Crippen LogP contribution in [0, 0.1) is 0 Å². The van der Waals surface area contributed by atoms with Crippen LogP contribution >= 0.6 is 23.2 Å². The normalized spacial score (nSPS) is 17.7. The number of nitrogens with zero attached hydrogens (tertiary/aromatic N) is 1. The summed E-state index contributed by atoms with van der Waals surface area (Å²) in [7, 11) is -3.00. The first kappa shape index (κ1) is 28.7. The third kappa shape index (κ3) is 8.25. The number of carbonyl (C=O) groups excluding carboxylic acids is 1. The van der Waals surface area contributed by atoms with E-state index in [1.807, 2.05) is 11.0 Å². The highest BCUT2D eigenvalue weighted by molar-refractivity contribution is 6.76. The minimum absolute atomic E-state index is 0.0754. The number of likely N-dealkylation sites (tertiary alicyclic amines) is 1. The van der Waals surface area contributed by atoms with Crippen molar-refractivity contribution < 1.29 is 18.7 Å². The smallest absolute Gasteiger partial charge is 0.223 e. The molecule has 1 atom stereocenters. The average Bonchev–Trinajstić information content (AvgIpc) is 3.02. The number of ether oxygens (including phenoxy) is 2. The molecule has 33 heavy (non-hydrogen) atoms. The molecule has 0 aliphatic carbocycles. The molecular weight excluding hydrogens is 493 g/mol. The molecule has 0 N–H and O–H groups in total. The Labute approximate surface area is 212 Å². The molecule has 1 aromatic carbocycles. The van der Waals surface area contributed by atoms with E-state index in [0.717, 1.165) is 11.6 Å². The number of halogens is 2. The molecule has 1 aliphatic rings. The fourth-order valence-electron chi connectivity index (χ4n) is 3.41. The van der Waals surface area contributed by atoms with Gasteiger partial charge in [0.15, 0.2) is 15.1 Å². The van der Waals surface area contributed by atoms with Gasteiger partial charge in [-0.3, -0.25) is 4.79 Å². The van der Waals surface area contributed by atoms with Gasteiger partial charge in [-0.15, -0.1) is 0 Å². The van der Waals surface area contributed by atoms with Gasteiger partial charge in [-0.1, -0.05) is 63.6 Å². The highest BCUT2D eigenvalue weighted by Gasteiger charge is 2.38. The lowest BCUT2D eigenvalue weighted by atomic mass is 9.97. The molecule has 188 valence electrons. The first-order valence-corrected chi connectivity index (χ1v) is 19.1. The first-order chi connectivity index (χ1) is 15.1. The van der Waals surface area contributed by atoms with Crippen molar-refractivity contribution in [1.29, 1.82) is 0 Å². The van der Waals surface area contributed by atoms with Gasteiger partial charge >= 0.3 is 0 Å². The zero-order valence-corrected chi connectivity index (χ0v) is 25.0. The molecule has 0 saturated carbocycles. The maximum Gasteiger partial charge on any atom is 0.223 e. The van der Waals surface area contributed by atoms with Crippen molar-refractivity contribution in [3.05, 3.63) is 27.7 Å². The van der Waals surface area contributed by atoms with Gasteiger partial charge < -0.3 is 18.8 Å². The summed E-state index contributed by atoms with van der Waals surface area (Å²) in [6, 6.07) is 4.62. The highest BCUT2D eigenvalue weighted by Crippen LogP contribution is 2.42. The zero-order valence-electron chi connectivity index (χ0n) is 21.5. The summed E-state index contributed by atoms with van der Waals surface area (Å²) >= 11 is 12.9.